The number of aromatic nitrogens is 2. The molecule has 0 spiro atoms. The lowest BCUT2D eigenvalue weighted by Crippen LogP contribution is -1.95. The van der Waals surface area contributed by atoms with Gasteiger partial charge in [0.25, 0.3) is 0 Å². The zero-order valence-corrected chi connectivity index (χ0v) is 10.2. The summed E-state index contributed by atoms with van der Waals surface area (Å²) in [5.74, 6) is 0. The van der Waals surface area contributed by atoms with Gasteiger partial charge in [0.1, 0.15) is 6.20 Å². The van der Waals surface area contributed by atoms with Crippen molar-refractivity contribution in [2.45, 2.75) is 0 Å². The molecule has 0 N–H and O–H groups in total. The number of benzene rings is 3. The Kier molecular flexibility index (Phi) is 2.15. The standard InChI is InChI=1S/C17H11N2/c1-2-6-14-12-16-15(11-13(14)5-1)7-3-8-17(16)19-10-4-9-18-19/h1-8,10-12H. The summed E-state index contributed by atoms with van der Waals surface area (Å²) in [5, 5.41) is 9.16. The van der Waals surface area contributed by atoms with Crippen LogP contribution in [-0.2, 0) is 0 Å². The summed E-state index contributed by atoms with van der Waals surface area (Å²) >= 11 is 0. The molecule has 19 heavy (non-hydrogen) atoms. The van der Waals surface area contributed by atoms with Crippen LogP contribution in [0.25, 0.3) is 27.2 Å². The van der Waals surface area contributed by atoms with E-state index in [1.54, 1.807) is 0 Å². The normalized spacial score (nSPS) is 11.2. The van der Waals surface area contributed by atoms with Gasteiger partial charge in [-0.05, 0) is 40.4 Å². The maximum Gasteiger partial charge on any atom is 0.113 e. The minimum absolute atomic E-state index is 1.09. The van der Waals surface area contributed by atoms with Crippen LogP contribution in [0.4, 0.5) is 0 Å². The lowest BCUT2D eigenvalue weighted by Gasteiger charge is -2.08. The van der Waals surface area contributed by atoms with Crippen LogP contribution >= 0.6 is 0 Å². The van der Waals surface area contributed by atoms with Crippen LogP contribution < -0.4 is 0 Å². The summed E-state index contributed by atoms with van der Waals surface area (Å²) in [5.41, 5.74) is 1.09. The third-order valence-electron chi connectivity index (χ3n) is 3.43. The fraction of sp³-hybridized carbons (Fsp3) is 0. The van der Waals surface area contributed by atoms with Crippen LogP contribution in [0.2, 0.25) is 0 Å². The Bertz CT molecular complexity index is 861. The zero-order valence-electron chi connectivity index (χ0n) is 10.2. The predicted octanol–water partition coefficient (Wildman–Crippen LogP) is 3.98. The van der Waals surface area contributed by atoms with Gasteiger partial charge in [0.05, 0.1) is 5.69 Å². The molecule has 0 bridgehead atoms. The second-order valence-corrected chi connectivity index (χ2v) is 4.59. The Balaban J connectivity index is 2.12. The van der Waals surface area contributed by atoms with E-state index in [2.05, 4.69) is 65.9 Å². The number of rotatable bonds is 1. The number of nitrogens with zero attached hydrogens (tertiary/aromatic N) is 2. The van der Waals surface area contributed by atoms with Gasteiger partial charge in [-0.3, -0.25) is 0 Å². The van der Waals surface area contributed by atoms with E-state index in [-0.39, 0.29) is 0 Å². The van der Waals surface area contributed by atoms with E-state index in [4.69, 9.17) is 0 Å². The predicted molar refractivity (Wildman–Crippen MR) is 77.4 cm³/mol. The van der Waals surface area contributed by atoms with Crippen molar-refractivity contribution in [3.05, 3.63) is 73.1 Å². The molecule has 0 aliphatic carbocycles. The highest BCUT2D eigenvalue weighted by atomic mass is 15.3. The van der Waals surface area contributed by atoms with Crippen molar-refractivity contribution in [2.75, 3.05) is 0 Å². The first-order chi connectivity index (χ1) is 9.42. The first-order valence-electron chi connectivity index (χ1n) is 6.25. The molecule has 0 aliphatic rings. The molecule has 1 radical (unpaired) electrons. The van der Waals surface area contributed by atoms with Gasteiger partial charge in [0.2, 0.25) is 0 Å². The molecule has 89 valence electrons. The molecule has 0 amide bonds. The summed E-state index contributed by atoms with van der Waals surface area (Å²) in [4.78, 5) is 0. The Morgan fingerprint density at radius 1 is 0.842 bits per heavy atom. The monoisotopic (exact) mass is 243 g/mol. The number of hydrogen-bond acceptors (Lipinski definition) is 1. The van der Waals surface area contributed by atoms with Gasteiger partial charge in [0.15, 0.2) is 0 Å². The lowest BCUT2D eigenvalue weighted by atomic mass is 10.0. The molecule has 1 aromatic heterocycles. The minimum Gasteiger partial charge on any atom is -0.240 e. The van der Waals surface area contributed by atoms with E-state index in [9.17, 15) is 0 Å². The molecule has 3 aromatic carbocycles. The van der Waals surface area contributed by atoms with E-state index in [1.165, 1.54) is 21.5 Å². The fourth-order valence-corrected chi connectivity index (χ4v) is 2.52. The molecule has 4 rings (SSSR count). The topological polar surface area (TPSA) is 17.8 Å². The van der Waals surface area contributed by atoms with Crippen LogP contribution in [0.5, 0.6) is 0 Å². The SMILES string of the molecule is [c]1ccn(-c2cccc3cc4ccccc4cc23)n1. The smallest absolute Gasteiger partial charge is 0.113 e. The number of fused-ring (bicyclic) bond motifs is 2. The Morgan fingerprint density at radius 3 is 2.42 bits per heavy atom. The van der Waals surface area contributed by atoms with Crippen LogP contribution in [0, 0.1) is 6.20 Å². The van der Waals surface area contributed by atoms with Crippen molar-refractivity contribution in [1.82, 2.24) is 9.78 Å². The minimum atomic E-state index is 1.09. The first-order valence-corrected chi connectivity index (χ1v) is 6.25. The van der Waals surface area contributed by atoms with Gasteiger partial charge in [-0.15, -0.1) is 0 Å². The van der Waals surface area contributed by atoms with Crippen molar-refractivity contribution in [3.8, 4) is 5.69 Å². The third-order valence-corrected chi connectivity index (χ3v) is 3.43. The Hall–Kier alpha value is -2.61. The van der Waals surface area contributed by atoms with Gasteiger partial charge in [-0.2, -0.15) is 5.10 Å². The average Bonchev–Trinajstić information content (AvgIpc) is 2.98. The molecule has 0 saturated carbocycles. The highest BCUT2D eigenvalue weighted by Gasteiger charge is 2.04. The van der Waals surface area contributed by atoms with E-state index < -0.39 is 0 Å². The second kappa shape index (κ2) is 3.95. The molecule has 0 unspecified atom stereocenters. The Morgan fingerprint density at radius 2 is 1.63 bits per heavy atom. The highest BCUT2D eigenvalue weighted by molar-refractivity contribution is 6.01. The first kappa shape index (κ1) is 10.3. The van der Waals surface area contributed by atoms with E-state index >= 15 is 0 Å². The summed E-state index contributed by atoms with van der Waals surface area (Å²) in [6.07, 6.45) is 4.76. The summed E-state index contributed by atoms with van der Waals surface area (Å²) < 4.78 is 1.86. The second-order valence-electron chi connectivity index (χ2n) is 4.59. The van der Waals surface area contributed by atoms with E-state index in [1.807, 2.05) is 16.9 Å². The van der Waals surface area contributed by atoms with Crippen LogP contribution in [-0.4, -0.2) is 9.78 Å². The molecule has 0 atom stereocenters. The molecule has 0 saturated heterocycles. The molecule has 4 aromatic rings. The third kappa shape index (κ3) is 1.61. The van der Waals surface area contributed by atoms with Crippen molar-refractivity contribution in [2.24, 2.45) is 0 Å². The van der Waals surface area contributed by atoms with Gasteiger partial charge >= 0.3 is 0 Å². The molecule has 2 heteroatoms. The molecule has 1 heterocycles. The Labute approximate surface area is 110 Å². The van der Waals surface area contributed by atoms with Crippen molar-refractivity contribution < 1.29 is 0 Å². The highest BCUT2D eigenvalue weighted by Crippen LogP contribution is 2.27. The summed E-state index contributed by atoms with van der Waals surface area (Å²) in [6.45, 7) is 0. The zero-order chi connectivity index (χ0) is 12.7. The van der Waals surface area contributed by atoms with Crippen molar-refractivity contribution in [1.29, 1.82) is 0 Å². The fourth-order valence-electron chi connectivity index (χ4n) is 2.52. The van der Waals surface area contributed by atoms with E-state index in [0.29, 0.717) is 0 Å². The largest absolute Gasteiger partial charge is 0.240 e. The lowest BCUT2D eigenvalue weighted by molar-refractivity contribution is 0.884. The quantitative estimate of drug-likeness (QED) is 0.462. The molecular weight excluding hydrogens is 232 g/mol. The van der Waals surface area contributed by atoms with Crippen molar-refractivity contribution in [3.63, 3.8) is 0 Å². The maximum atomic E-state index is 4.21. The summed E-state index contributed by atoms with van der Waals surface area (Å²) in [7, 11) is 0. The van der Waals surface area contributed by atoms with Gasteiger partial charge in [-0.1, -0.05) is 36.4 Å². The van der Waals surface area contributed by atoms with Crippen LogP contribution in [0.1, 0.15) is 0 Å². The van der Waals surface area contributed by atoms with Crippen LogP contribution in [0.3, 0.4) is 0 Å². The van der Waals surface area contributed by atoms with Gasteiger partial charge < -0.3 is 0 Å². The van der Waals surface area contributed by atoms with Crippen LogP contribution in [0.15, 0.2) is 66.9 Å². The van der Waals surface area contributed by atoms with Gasteiger partial charge in [0, 0.05) is 11.6 Å². The molecular formula is C17H11N2. The van der Waals surface area contributed by atoms with Gasteiger partial charge in [-0.25, -0.2) is 4.68 Å². The molecule has 0 aliphatic heterocycles. The maximum absolute atomic E-state index is 4.21. The van der Waals surface area contributed by atoms with Crippen molar-refractivity contribution >= 4 is 21.5 Å². The number of hydrogen-bond donors (Lipinski definition) is 0. The average molecular weight is 243 g/mol. The summed E-state index contributed by atoms with van der Waals surface area (Å²) in [6, 6.07) is 21.0. The van der Waals surface area contributed by atoms with E-state index in [0.717, 1.165) is 5.69 Å². The molecule has 2 nitrogen and oxygen atoms in total. The molecule has 0 fully saturated rings.